The van der Waals surface area contributed by atoms with E-state index in [0.29, 0.717) is 17.2 Å². The van der Waals surface area contributed by atoms with Crippen molar-refractivity contribution in [2.75, 3.05) is 10.6 Å². The molecule has 26 heavy (non-hydrogen) atoms. The Morgan fingerprint density at radius 1 is 1.12 bits per heavy atom. The van der Waals surface area contributed by atoms with E-state index >= 15 is 0 Å². The molecule has 7 heteroatoms. The fourth-order valence-electron chi connectivity index (χ4n) is 2.72. The van der Waals surface area contributed by atoms with Crippen molar-refractivity contribution in [2.45, 2.75) is 20.8 Å². The van der Waals surface area contributed by atoms with E-state index in [4.69, 9.17) is 0 Å². The number of aromatic amines is 1. The smallest absolute Gasteiger partial charge is 0.223 e. The highest BCUT2D eigenvalue weighted by Crippen LogP contribution is 2.32. The Morgan fingerprint density at radius 3 is 2.50 bits per heavy atom. The fraction of sp³-hybridized carbons (Fsp3) is 0.158. The van der Waals surface area contributed by atoms with E-state index in [2.05, 4.69) is 67.7 Å². The van der Waals surface area contributed by atoms with Crippen molar-refractivity contribution in [1.82, 2.24) is 15.2 Å². The van der Waals surface area contributed by atoms with Crippen LogP contribution in [0.25, 0.3) is 5.70 Å². The number of aromatic hydroxyl groups is 1. The van der Waals surface area contributed by atoms with E-state index in [9.17, 15) is 5.11 Å². The molecule has 0 aliphatic rings. The van der Waals surface area contributed by atoms with E-state index in [1.165, 1.54) is 6.33 Å². The first-order valence-corrected chi connectivity index (χ1v) is 8.90. The zero-order chi connectivity index (χ0) is 18.7. The molecule has 0 fully saturated rings. The van der Waals surface area contributed by atoms with Crippen molar-refractivity contribution < 1.29 is 5.11 Å². The number of para-hydroxylation sites is 1. The van der Waals surface area contributed by atoms with Crippen LogP contribution in [-0.2, 0) is 0 Å². The summed E-state index contributed by atoms with van der Waals surface area (Å²) in [5, 5.41) is 23.7. The predicted octanol–water partition coefficient (Wildman–Crippen LogP) is 4.80. The lowest BCUT2D eigenvalue weighted by Gasteiger charge is -2.19. The Balaban J connectivity index is 2.09. The van der Waals surface area contributed by atoms with Gasteiger partial charge >= 0.3 is 0 Å². The van der Waals surface area contributed by atoms with Crippen LogP contribution in [0.2, 0.25) is 0 Å². The molecule has 0 amide bonds. The first-order chi connectivity index (χ1) is 12.5. The second-order valence-electron chi connectivity index (χ2n) is 6.01. The van der Waals surface area contributed by atoms with Gasteiger partial charge in [-0.3, -0.25) is 0 Å². The maximum atomic E-state index is 10.4. The molecule has 1 heterocycles. The molecule has 6 nitrogen and oxygen atoms in total. The highest BCUT2D eigenvalue weighted by molar-refractivity contribution is 9.10. The largest absolute Gasteiger partial charge is 0.507 e. The Kier molecular flexibility index (Phi) is 5.27. The van der Waals surface area contributed by atoms with Crippen LogP contribution >= 0.6 is 15.9 Å². The third kappa shape index (κ3) is 3.88. The maximum Gasteiger partial charge on any atom is 0.223 e. The van der Waals surface area contributed by atoms with Crippen LogP contribution in [0.4, 0.5) is 11.6 Å². The summed E-state index contributed by atoms with van der Waals surface area (Å²) in [5.41, 5.74) is 5.50. The second-order valence-corrected chi connectivity index (χ2v) is 6.93. The number of benzene rings is 2. The minimum atomic E-state index is 0.165. The van der Waals surface area contributed by atoms with Crippen LogP contribution in [0.3, 0.4) is 0 Å². The van der Waals surface area contributed by atoms with Crippen molar-refractivity contribution in [2.24, 2.45) is 0 Å². The summed E-state index contributed by atoms with van der Waals surface area (Å²) in [5.74, 6) is 0.653. The Hall–Kier alpha value is -2.80. The number of aromatic nitrogens is 3. The summed E-state index contributed by atoms with van der Waals surface area (Å²) >= 11 is 3.46. The van der Waals surface area contributed by atoms with Crippen LogP contribution in [0.5, 0.6) is 5.75 Å². The number of anilines is 2. The molecule has 3 rings (SSSR count). The standard InChI is InChI=1S/C19H20BrN5O/c1-11-5-4-6-12(2)17(11)23-13(3)18(24-19-21-10-22-25-19)15-9-14(20)7-8-16(15)26/h4-10,23,26H,1-3H3,(H2,21,22,24,25)/b18-13+. The number of hydrogen-bond acceptors (Lipinski definition) is 5. The zero-order valence-corrected chi connectivity index (χ0v) is 16.3. The van der Waals surface area contributed by atoms with Crippen LogP contribution < -0.4 is 10.6 Å². The number of nitrogens with zero attached hydrogens (tertiary/aromatic N) is 2. The first-order valence-electron chi connectivity index (χ1n) is 8.11. The third-order valence-electron chi connectivity index (χ3n) is 4.05. The molecule has 0 aliphatic carbocycles. The summed E-state index contributed by atoms with van der Waals surface area (Å²) < 4.78 is 0.863. The third-order valence-corrected chi connectivity index (χ3v) is 4.55. The molecular weight excluding hydrogens is 394 g/mol. The Morgan fingerprint density at radius 2 is 1.85 bits per heavy atom. The van der Waals surface area contributed by atoms with Crippen molar-refractivity contribution in [3.63, 3.8) is 0 Å². The van der Waals surface area contributed by atoms with Gasteiger partial charge in [-0.25, -0.2) is 5.10 Å². The van der Waals surface area contributed by atoms with Gasteiger partial charge in [0.05, 0.1) is 5.70 Å². The summed E-state index contributed by atoms with van der Waals surface area (Å²) in [7, 11) is 0. The summed E-state index contributed by atoms with van der Waals surface area (Å²) in [4.78, 5) is 4.13. The fourth-order valence-corrected chi connectivity index (χ4v) is 3.08. The molecule has 3 aromatic rings. The molecule has 0 bridgehead atoms. The van der Waals surface area contributed by atoms with Gasteiger partial charge in [-0.1, -0.05) is 34.1 Å². The highest BCUT2D eigenvalue weighted by atomic mass is 79.9. The Labute approximate surface area is 160 Å². The average molecular weight is 414 g/mol. The van der Waals surface area contributed by atoms with Gasteiger partial charge in [0.15, 0.2) is 0 Å². The minimum absolute atomic E-state index is 0.165. The van der Waals surface area contributed by atoms with Crippen LogP contribution in [-0.4, -0.2) is 20.3 Å². The zero-order valence-electron chi connectivity index (χ0n) is 14.8. The van der Waals surface area contributed by atoms with Gasteiger partial charge in [-0.05, 0) is 50.1 Å². The Bertz CT molecular complexity index is 930. The number of hydrogen-bond donors (Lipinski definition) is 4. The molecule has 0 spiro atoms. The molecule has 0 saturated heterocycles. The van der Waals surface area contributed by atoms with Crippen molar-refractivity contribution in [1.29, 1.82) is 0 Å². The molecule has 2 aromatic carbocycles. The van der Waals surface area contributed by atoms with Crippen molar-refractivity contribution in [3.05, 3.63) is 69.6 Å². The highest BCUT2D eigenvalue weighted by Gasteiger charge is 2.14. The second kappa shape index (κ2) is 7.61. The van der Waals surface area contributed by atoms with Gasteiger partial charge in [0.25, 0.3) is 0 Å². The van der Waals surface area contributed by atoms with Gasteiger partial charge in [-0.15, -0.1) is 0 Å². The van der Waals surface area contributed by atoms with Crippen LogP contribution in [0.1, 0.15) is 23.6 Å². The van der Waals surface area contributed by atoms with Gasteiger partial charge in [0, 0.05) is 21.4 Å². The molecule has 0 aliphatic heterocycles. The predicted molar refractivity (Wildman–Crippen MR) is 108 cm³/mol. The lowest BCUT2D eigenvalue weighted by molar-refractivity contribution is 0.473. The SMILES string of the molecule is C/C(Nc1c(C)cccc1C)=C(\Nc1ncn[nH]1)c1cc(Br)ccc1O. The molecular formula is C19H20BrN5O. The lowest BCUT2D eigenvalue weighted by Crippen LogP contribution is -2.10. The molecule has 0 radical (unpaired) electrons. The van der Waals surface area contributed by atoms with E-state index < -0.39 is 0 Å². The quantitative estimate of drug-likeness (QED) is 0.482. The van der Waals surface area contributed by atoms with Gasteiger partial charge < -0.3 is 15.7 Å². The van der Waals surface area contributed by atoms with Gasteiger partial charge in [0.1, 0.15) is 12.1 Å². The lowest BCUT2D eigenvalue weighted by atomic mass is 10.1. The van der Waals surface area contributed by atoms with Crippen molar-refractivity contribution in [3.8, 4) is 5.75 Å². The topological polar surface area (TPSA) is 85.9 Å². The maximum absolute atomic E-state index is 10.4. The minimum Gasteiger partial charge on any atom is -0.507 e. The summed E-state index contributed by atoms with van der Waals surface area (Å²) in [6.07, 6.45) is 1.43. The van der Waals surface area contributed by atoms with Crippen LogP contribution in [0.15, 0.2) is 52.9 Å². The normalized spacial score (nSPS) is 11.8. The first kappa shape index (κ1) is 18.0. The van der Waals surface area contributed by atoms with E-state index in [1.807, 2.05) is 19.1 Å². The average Bonchev–Trinajstić information content (AvgIpc) is 3.11. The van der Waals surface area contributed by atoms with Crippen LogP contribution in [0, 0.1) is 13.8 Å². The molecule has 0 saturated carbocycles. The molecule has 1 aromatic heterocycles. The number of halogens is 1. The monoisotopic (exact) mass is 413 g/mol. The number of allylic oxidation sites excluding steroid dienone is 1. The number of phenolic OH excluding ortho intramolecular Hbond substituents is 1. The number of nitrogens with one attached hydrogen (secondary N) is 3. The molecule has 0 unspecified atom stereocenters. The van der Waals surface area contributed by atoms with E-state index in [1.54, 1.807) is 12.1 Å². The number of aryl methyl sites for hydroxylation is 2. The van der Waals surface area contributed by atoms with Gasteiger partial charge in [-0.2, -0.15) is 10.1 Å². The van der Waals surface area contributed by atoms with Gasteiger partial charge in [0.2, 0.25) is 5.95 Å². The number of H-pyrrole nitrogens is 1. The summed E-state index contributed by atoms with van der Waals surface area (Å²) in [6.45, 7) is 6.07. The summed E-state index contributed by atoms with van der Waals surface area (Å²) in [6, 6.07) is 11.4. The number of phenols is 1. The molecule has 4 N–H and O–H groups in total. The van der Waals surface area contributed by atoms with Crippen molar-refractivity contribution >= 4 is 33.3 Å². The molecule has 0 atom stereocenters. The van der Waals surface area contributed by atoms with E-state index in [0.717, 1.165) is 27.0 Å². The molecule has 134 valence electrons. The van der Waals surface area contributed by atoms with E-state index in [-0.39, 0.29) is 5.75 Å². The number of rotatable bonds is 5.